The summed E-state index contributed by atoms with van der Waals surface area (Å²) >= 11 is 0. The Balaban J connectivity index is 2.51. The van der Waals surface area contributed by atoms with E-state index in [4.69, 9.17) is 5.11 Å². The molecule has 0 aromatic heterocycles. The number of hydrogen-bond donors (Lipinski definition) is 3. The predicted octanol–water partition coefficient (Wildman–Crippen LogP) is 0.822. The molecule has 0 aliphatic carbocycles. The Bertz CT molecular complexity index is 348. The van der Waals surface area contributed by atoms with Crippen molar-refractivity contribution >= 4 is 5.91 Å². The molecule has 3 N–H and O–H groups in total. The molecule has 1 aromatic carbocycles. The van der Waals surface area contributed by atoms with Gasteiger partial charge in [-0.15, -0.1) is 0 Å². The van der Waals surface area contributed by atoms with Crippen LogP contribution in [0.5, 0.6) is 5.75 Å². The molecule has 0 heterocycles. The van der Waals surface area contributed by atoms with Gasteiger partial charge in [-0.2, -0.15) is 0 Å². The molecule has 88 valence electrons. The van der Waals surface area contributed by atoms with Crippen LogP contribution in [0.3, 0.4) is 0 Å². The topological polar surface area (TPSA) is 69.6 Å². The van der Waals surface area contributed by atoms with Gasteiger partial charge < -0.3 is 15.5 Å². The van der Waals surface area contributed by atoms with Gasteiger partial charge >= 0.3 is 0 Å². The van der Waals surface area contributed by atoms with Crippen molar-refractivity contribution in [2.24, 2.45) is 0 Å². The van der Waals surface area contributed by atoms with Crippen LogP contribution in [-0.4, -0.2) is 28.8 Å². The highest BCUT2D eigenvalue weighted by Crippen LogP contribution is 2.11. The number of aromatic hydroxyl groups is 1. The Morgan fingerprint density at radius 3 is 2.81 bits per heavy atom. The number of phenols is 1. The summed E-state index contributed by atoms with van der Waals surface area (Å²) in [5.74, 6) is 0.00556. The van der Waals surface area contributed by atoms with Crippen molar-refractivity contribution in [1.82, 2.24) is 5.32 Å². The lowest BCUT2D eigenvalue weighted by atomic mass is 10.1. The van der Waals surface area contributed by atoms with E-state index >= 15 is 0 Å². The number of rotatable bonds is 5. The minimum absolute atomic E-state index is 0.0533. The first kappa shape index (κ1) is 12.5. The number of carbonyl (C=O) groups excluding carboxylic acids is 1. The average Bonchev–Trinajstić information content (AvgIpc) is 2.26. The number of nitrogens with one attached hydrogen (secondary N) is 1. The highest BCUT2D eigenvalue weighted by atomic mass is 16.3. The third kappa shape index (κ3) is 3.90. The van der Waals surface area contributed by atoms with Crippen molar-refractivity contribution in [3.05, 3.63) is 29.8 Å². The standard InChI is InChI=1S/C12H17NO3/c1-2-10(8-14)13-12(16)7-9-4-3-5-11(15)6-9/h3-6,10,14-15H,2,7-8H2,1H3,(H,13,16)/t10-/m1/s1. The number of carbonyl (C=O) groups is 1. The molecule has 1 amide bonds. The van der Waals surface area contributed by atoms with Gasteiger partial charge in [0.05, 0.1) is 19.1 Å². The first-order valence-electron chi connectivity index (χ1n) is 5.33. The zero-order chi connectivity index (χ0) is 12.0. The Labute approximate surface area is 94.9 Å². The maximum atomic E-state index is 11.5. The fourth-order valence-corrected chi connectivity index (χ4v) is 1.41. The van der Waals surface area contributed by atoms with Crippen LogP contribution in [0.1, 0.15) is 18.9 Å². The van der Waals surface area contributed by atoms with Crippen LogP contribution in [0.2, 0.25) is 0 Å². The van der Waals surface area contributed by atoms with E-state index in [1.54, 1.807) is 24.3 Å². The van der Waals surface area contributed by atoms with Crippen molar-refractivity contribution in [1.29, 1.82) is 0 Å². The number of amides is 1. The van der Waals surface area contributed by atoms with E-state index in [1.165, 1.54) is 0 Å². The normalized spacial score (nSPS) is 12.1. The van der Waals surface area contributed by atoms with E-state index in [9.17, 15) is 9.90 Å². The van der Waals surface area contributed by atoms with E-state index in [0.29, 0.717) is 6.42 Å². The number of hydrogen-bond acceptors (Lipinski definition) is 3. The van der Waals surface area contributed by atoms with Crippen LogP contribution >= 0.6 is 0 Å². The van der Waals surface area contributed by atoms with Gasteiger partial charge in [0.1, 0.15) is 5.75 Å². The van der Waals surface area contributed by atoms with E-state index in [-0.39, 0.29) is 30.7 Å². The SMILES string of the molecule is CC[C@H](CO)NC(=O)Cc1cccc(O)c1. The molecule has 0 aliphatic heterocycles. The van der Waals surface area contributed by atoms with E-state index in [1.807, 2.05) is 6.92 Å². The molecule has 0 spiro atoms. The molecule has 1 atom stereocenters. The van der Waals surface area contributed by atoms with Gasteiger partial charge in [-0.25, -0.2) is 0 Å². The highest BCUT2D eigenvalue weighted by molar-refractivity contribution is 5.78. The van der Waals surface area contributed by atoms with Crippen LogP contribution < -0.4 is 5.32 Å². The van der Waals surface area contributed by atoms with E-state index in [0.717, 1.165) is 5.56 Å². The summed E-state index contributed by atoms with van der Waals surface area (Å²) in [6.07, 6.45) is 0.910. The molecule has 0 bridgehead atoms. The number of aliphatic hydroxyl groups excluding tert-OH is 1. The van der Waals surface area contributed by atoms with Gasteiger partial charge in [-0.05, 0) is 24.1 Å². The number of phenolic OH excluding ortho intramolecular Hbond substituents is 1. The van der Waals surface area contributed by atoms with Crippen molar-refractivity contribution in [3.8, 4) is 5.75 Å². The molecular formula is C12H17NO3. The minimum atomic E-state index is -0.190. The van der Waals surface area contributed by atoms with Gasteiger partial charge in [-0.3, -0.25) is 4.79 Å². The summed E-state index contributed by atoms with van der Waals surface area (Å²) in [6, 6.07) is 6.40. The fraction of sp³-hybridized carbons (Fsp3) is 0.417. The summed E-state index contributed by atoms with van der Waals surface area (Å²) in [7, 11) is 0. The van der Waals surface area contributed by atoms with Crippen LogP contribution in [0.4, 0.5) is 0 Å². The molecule has 0 saturated heterocycles. The smallest absolute Gasteiger partial charge is 0.224 e. The Hall–Kier alpha value is -1.55. The molecule has 1 rings (SSSR count). The molecule has 0 radical (unpaired) electrons. The molecule has 4 nitrogen and oxygen atoms in total. The van der Waals surface area contributed by atoms with Gasteiger partial charge in [0.25, 0.3) is 0 Å². The summed E-state index contributed by atoms with van der Waals surface area (Å²) in [6.45, 7) is 1.85. The molecule has 1 aromatic rings. The zero-order valence-corrected chi connectivity index (χ0v) is 9.31. The Kier molecular flexibility index (Phi) is 4.79. The zero-order valence-electron chi connectivity index (χ0n) is 9.31. The maximum absolute atomic E-state index is 11.5. The van der Waals surface area contributed by atoms with Gasteiger partial charge in [0.2, 0.25) is 5.91 Å². The van der Waals surface area contributed by atoms with Gasteiger partial charge in [-0.1, -0.05) is 19.1 Å². The van der Waals surface area contributed by atoms with Crippen molar-refractivity contribution < 1.29 is 15.0 Å². The van der Waals surface area contributed by atoms with Gasteiger partial charge in [0, 0.05) is 0 Å². The third-order valence-corrected chi connectivity index (χ3v) is 2.35. The van der Waals surface area contributed by atoms with E-state index < -0.39 is 0 Å². The van der Waals surface area contributed by atoms with Crippen molar-refractivity contribution in [3.63, 3.8) is 0 Å². The molecule has 0 aliphatic rings. The summed E-state index contributed by atoms with van der Waals surface area (Å²) in [5.41, 5.74) is 0.755. The quantitative estimate of drug-likeness (QED) is 0.692. The predicted molar refractivity (Wildman–Crippen MR) is 61.1 cm³/mol. The number of aliphatic hydroxyl groups is 1. The lowest BCUT2D eigenvalue weighted by Gasteiger charge is -2.13. The molecule has 0 unspecified atom stereocenters. The molecule has 0 saturated carbocycles. The molecule has 4 heteroatoms. The lowest BCUT2D eigenvalue weighted by molar-refractivity contribution is -0.121. The lowest BCUT2D eigenvalue weighted by Crippen LogP contribution is -2.37. The second-order valence-corrected chi connectivity index (χ2v) is 3.70. The summed E-state index contributed by atoms with van der Waals surface area (Å²) in [5, 5.41) is 20.9. The third-order valence-electron chi connectivity index (χ3n) is 2.35. The highest BCUT2D eigenvalue weighted by Gasteiger charge is 2.09. The van der Waals surface area contributed by atoms with Crippen molar-refractivity contribution in [2.45, 2.75) is 25.8 Å². The van der Waals surface area contributed by atoms with Crippen molar-refractivity contribution in [2.75, 3.05) is 6.61 Å². The Morgan fingerprint density at radius 1 is 1.50 bits per heavy atom. The van der Waals surface area contributed by atoms with Crippen LogP contribution in [-0.2, 0) is 11.2 Å². The Morgan fingerprint density at radius 2 is 2.25 bits per heavy atom. The average molecular weight is 223 g/mol. The first-order valence-corrected chi connectivity index (χ1v) is 5.33. The van der Waals surface area contributed by atoms with Gasteiger partial charge in [0.15, 0.2) is 0 Å². The second kappa shape index (κ2) is 6.12. The maximum Gasteiger partial charge on any atom is 0.224 e. The van der Waals surface area contributed by atoms with Crippen LogP contribution in [0, 0.1) is 0 Å². The minimum Gasteiger partial charge on any atom is -0.508 e. The van der Waals surface area contributed by atoms with Crippen LogP contribution in [0.25, 0.3) is 0 Å². The molecule has 16 heavy (non-hydrogen) atoms. The number of benzene rings is 1. The molecular weight excluding hydrogens is 206 g/mol. The summed E-state index contributed by atoms with van der Waals surface area (Å²) in [4.78, 5) is 11.5. The second-order valence-electron chi connectivity index (χ2n) is 3.70. The fourth-order valence-electron chi connectivity index (χ4n) is 1.41. The largest absolute Gasteiger partial charge is 0.508 e. The van der Waals surface area contributed by atoms with E-state index in [2.05, 4.69) is 5.32 Å². The van der Waals surface area contributed by atoms with Crippen LogP contribution in [0.15, 0.2) is 24.3 Å². The molecule has 0 fully saturated rings. The monoisotopic (exact) mass is 223 g/mol. The summed E-state index contributed by atoms with van der Waals surface area (Å²) < 4.78 is 0. The first-order chi connectivity index (χ1) is 7.65.